The Morgan fingerprint density at radius 2 is 1.83 bits per heavy atom. The van der Waals surface area contributed by atoms with E-state index < -0.39 is 36.2 Å². The van der Waals surface area contributed by atoms with Crippen molar-refractivity contribution >= 4 is 41.0 Å². The highest BCUT2D eigenvalue weighted by molar-refractivity contribution is 6.30. The fourth-order valence-corrected chi connectivity index (χ4v) is 3.04. The number of rotatable bonds is 6. The summed E-state index contributed by atoms with van der Waals surface area (Å²) in [5.41, 5.74) is 4.30. The molecule has 0 bridgehead atoms. The lowest BCUT2D eigenvalue weighted by Crippen LogP contribution is -2.43. The first-order chi connectivity index (χ1) is 14.3. The van der Waals surface area contributed by atoms with Gasteiger partial charge in [-0.2, -0.15) is 0 Å². The first-order valence-corrected chi connectivity index (χ1v) is 9.60. The highest BCUT2D eigenvalue weighted by Crippen LogP contribution is 2.19. The van der Waals surface area contributed by atoms with Crippen LogP contribution in [0.25, 0.3) is 0 Å². The van der Waals surface area contributed by atoms with Crippen LogP contribution >= 0.6 is 11.6 Å². The molecule has 9 heteroatoms. The molecule has 3 amide bonds. The second-order valence-corrected chi connectivity index (χ2v) is 7.26. The molecule has 30 heavy (non-hydrogen) atoms. The summed E-state index contributed by atoms with van der Waals surface area (Å²) in [5, 5.41) is 4.23. The summed E-state index contributed by atoms with van der Waals surface area (Å²) in [6.07, 6.45) is -0.112. The van der Waals surface area contributed by atoms with Gasteiger partial charge in [-0.15, -0.1) is 0 Å². The van der Waals surface area contributed by atoms with Crippen molar-refractivity contribution in [3.63, 3.8) is 0 Å². The molecule has 2 aromatic carbocycles. The van der Waals surface area contributed by atoms with Gasteiger partial charge in [-0.3, -0.25) is 29.6 Å². The van der Waals surface area contributed by atoms with Crippen LogP contribution in [0.15, 0.2) is 48.5 Å². The molecule has 8 nitrogen and oxygen atoms in total. The molecular weight excluding hydrogens is 410 g/mol. The summed E-state index contributed by atoms with van der Waals surface area (Å²) >= 11 is 5.79. The number of para-hydroxylation sites is 1. The highest BCUT2D eigenvalue weighted by atomic mass is 35.5. The van der Waals surface area contributed by atoms with E-state index in [2.05, 4.69) is 10.7 Å². The van der Waals surface area contributed by atoms with Gasteiger partial charge in [0.25, 0.3) is 11.8 Å². The second kappa shape index (κ2) is 9.41. The Balaban J connectivity index is 1.48. The van der Waals surface area contributed by atoms with E-state index in [1.165, 1.54) is 12.1 Å². The van der Waals surface area contributed by atoms with Crippen molar-refractivity contribution in [3.05, 3.63) is 64.7 Å². The van der Waals surface area contributed by atoms with E-state index in [0.29, 0.717) is 16.3 Å². The molecule has 2 N–H and O–H groups in total. The largest absolute Gasteiger partial charge is 0.455 e. The summed E-state index contributed by atoms with van der Waals surface area (Å²) in [6.45, 7) is 1.35. The predicted octanol–water partition coefficient (Wildman–Crippen LogP) is 2.32. The van der Waals surface area contributed by atoms with Crippen molar-refractivity contribution in [1.29, 1.82) is 0 Å². The molecule has 3 rings (SSSR count). The van der Waals surface area contributed by atoms with Gasteiger partial charge < -0.3 is 10.1 Å². The summed E-state index contributed by atoms with van der Waals surface area (Å²) in [6, 6.07) is 13.4. The molecule has 0 aliphatic carbocycles. The average Bonchev–Trinajstić information content (AvgIpc) is 3.09. The summed E-state index contributed by atoms with van der Waals surface area (Å²) in [4.78, 5) is 48.6. The molecule has 0 unspecified atom stereocenters. The van der Waals surface area contributed by atoms with Crippen molar-refractivity contribution in [3.8, 4) is 0 Å². The normalized spacial score (nSPS) is 15.6. The maximum absolute atomic E-state index is 12.2. The van der Waals surface area contributed by atoms with Crippen molar-refractivity contribution in [2.45, 2.75) is 13.3 Å². The SMILES string of the molecule is Cc1ccccc1NC(=O)COC(=O)[C@H]1CC(=O)N(NC(=O)c2ccc(Cl)cc2)C1. The predicted molar refractivity (Wildman–Crippen MR) is 110 cm³/mol. The highest BCUT2D eigenvalue weighted by Gasteiger charge is 2.36. The van der Waals surface area contributed by atoms with Gasteiger partial charge in [0, 0.05) is 22.7 Å². The number of benzene rings is 2. The fourth-order valence-electron chi connectivity index (χ4n) is 2.92. The zero-order valence-corrected chi connectivity index (χ0v) is 16.9. The Kier molecular flexibility index (Phi) is 6.68. The third-order valence-corrected chi connectivity index (χ3v) is 4.82. The number of anilines is 1. The first-order valence-electron chi connectivity index (χ1n) is 9.22. The first kappa shape index (κ1) is 21.3. The molecule has 156 valence electrons. The molecular formula is C21H20ClN3O5. The van der Waals surface area contributed by atoms with Crippen molar-refractivity contribution < 1.29 is 23.9 Å². The molecule has 1 aliphatic rings. The van der Waals surface area contributed by atoms with Crippen LogP contribution in [0.3, 0.4) is 0 Å². The molecule has 2 aromatic rings. The molecule has 1 atom stereocenters. The number of halogens is 1. The van der Waals surface area contributed by atoms with Crippen LogP contribution in [0.4, 0.5) is 5.69 Å². The van der Waals surface area contributed by atoms with E-state index in [1.807, 2.05) is 19.1 Å². The Bertz CT molecular complexity index is 977. The molecule has 0 saturated carbocycles. The Labute approximate surface area is 178 Å². The lowest BCUT2D eigenvalue weighted by molar-refractivity contribution is -0.151. The number of hydrazine groups is 1. The molecule has 1 fully saturated rings. The van der Waals surface area contributed by atoms with E-state index in [0.717, 1.165) is 10.6 Å². The molecule has 0 radical (unpaired) electrons. The van der Waals surface area contributed by atoms with Gasteiger partial charge >= 0.3 is 5.97 Å². The van der Waals surface area contributed by atoms with Crippen LogP contribution in [-0.2, 0) is 19.1 Å². The quantitative estimate of drug-likeness (QED) is 0.686. The third-order valence-electron chi connectivity index (χ3n) is 4.57. The van der Waals surface area contributed by atoms with E-state index in [-0.39, 0.29) is 13.0 Å². The van der Waals surface area contributed by atoms with Gasteiger partial charge in [-0.25, -0.2) is 0 Å². The lowest BCUT2D eigenvalue weighted by Gasteiger charge is -2.17. The van der Waals surface area contributed by atoms with Gasteiger partial charge in [0.05, 0.1) is 12.5 Å². The van der Waals surface area contributed by atoms with Crippen molar-refractivity contribution in [2.24, 2.45) is 5.92 Å². The maximum Gasteiger partial charge on any atom is 0.311 e. The number of hydrogen-bond donors (Lipinski definition) is 2. The minimum absolute atomic E-state index is 0.0313. The van der Waals surface area contributed by atoms with Crippen molar-refractivity contribution in [2.75, 3.05) is 18.5 Å². The van der Waals surface area contributed by atoms with Crippen molar-refractivity contribution in [1.82, 2.24) is 10.4 Å². The summed E-state index contributed by atoms with van der Waals surface area (Å²) in [7, 11) is 0. The number of carbonyl (C=O) groups is 4. The van der Waals surface area contributed by atoms with Gasteiger partial charge in [-0.1, -0.05) is 29.8 Å². The van der Waals surface area contributed by atoms with E-state index in [1.54, 1.807) is 24.3 Å². The number of aryl methyl sites for hydroxylation is 1. The minimum Gasteiger partial charge on any atom is -0.455 e. The monoisotopic (exact) mass is 429 g/mol. The van der Waals surface area contributed by atoms with E-state index in [4.69, 9.17) is 16.3 Å². The topological polar surface area (TPSA) is 105 Å². The maximum atomic E-state index is 12.2. The Morgan fingerprint density at radius 3 is 2.53 bits per heavy atom. The van der Waals surface area contributed by atoms with Crippen LogP contribution in [0.1, 0.15) is 22.3 Å². The van der Waals surface area contributed by atoms with Crippen LogP contribution in [0, 0.1) is 12.8 Å². The third kappa shape index (κ3) is 5.36. The summed E-state index contributed by atoms with van der Waals surface area (Å²) < 4.78 is 5.04. The van der Waals surface area contributed by atoms with Gasteiger partial charge in [0.1, 0.15) is 0 Å². The Hall–Kier alpha value is -3.39. The molecule has 1 saturated heterocycles. The number of carbonyl (C=O) groups excluding carboxylic acids is 4. The fraction of sp³-hybridized carbons (Fsp3) is 0.238. The van der Waals surface area contributed by atoms with Crippen LogP contribution in [0.2, 0.25) is 5.02 Å². The van der Waals surface area contributed by atoms with Crippen LogP contribution in [0.5, 0.6) is 0 Å². The smallest absolute Gasteiger partial charge is 0.311 e. The summed E-state index contributed by atoms with van der Waals surface area (Å²) in [5.74, 6) is -2.83. The zero-order chi connectivity index (χ0) is 21.7. The molecule has 0 aromatic heterocycles. The minimum atomic E-state index is -0.769. The number of ether oxygens (including phenoxy) is 1. The number of amides is 3. The molecule has 1 heterocycles. The number of nitrogens with one attached hydrogen (secondary N) is 2. The molecule has 1 aliphatic heterocycles. The van der Waals surface area contributed by atoms with E-state index in [9.17, 15) is 19.2 Å². The van der Waals surface area contributed by atoms with Crippen LogP contribution in [-0.4, -0.2) is 41.9 Å². The molecule has 0 spiro atoms. The lowest BCUT2D eigenvalue weighted by atomic mass is 10.1. The van der Waals surface area contributed by atoms with Gasteiger partial charge in [0.2, 0.25) is 5.91 Å². The second-order valence-electron chi connectivity index (χ2n) is 6.82. The number of hydrogen-bond acceptors (Lipinski definition) is 5. The zero-order valence-electron chi connectivity index (χ0n) is 16.2. The standard InChI is InChI=1S/C21H20ClN3O5/c1-13-4-2-3-5-17(13)23-18(26)12-30-21(29)15-10-19(27)25(11-15)24-20(28)14-6-8-16(22)9-7-14/h2-9,15H,10-12H2,1H3,(H,23,26)(H,24,28)/t15-/m0/s1. The van der Waals surface area contributed by atoms with E-state index >= 15 is 0 Å². The average molecular weight is 430 g/mol. The number of nitrogens with zero attached hydrogens (tertiary/aromatic N) is 1. The van der Waals surface area contributed by atoms with Gasteiger partial charge in [-0.05, 0) is 42.8 Å². The van der Waals surface area contributed by atoms with Gasteiger partial charge in [0.15, 0.2) is 6.61 Å². The number of esters is 1. The van der Waals surface area contributed by atoms with Crippen LogP contribution < -0.4 is 10.7 Å². The Morgan fingerprint density at radius 1 is 1.13 bits per heavy atom.